The molecule has 0 aliphatic rings. The maximum Gasteiger partial charge on any atom is 0.232 e. The molecular weight excluding hydrogens is 240 g/mol. The van der Waals surface area contributed by atoms with Crippen LogP contribution in [0.3, 0.4) is 0 Å². The number of nitrogens with two attached hydrogens (primary N) is 1. The average molecular weight is 258 g/mol. The van der Waals surface area contributed by atoms with Gasteiger partial charge in [-0.25, -0.2) is 8.42 Å². The van der Waals surface area contributed by atoms with Crippen LogP contribution in [0.15, 0.2) is 24.3 Å². The zero-order chi connectivity index (χ0) is 12.7. The van der Waals surface area contributed by atoms with Crippen LogP contribution in [0.25, 0.3) is 0 Å². The number of rotatable bonds is 7. The van der Waals surface area contributed by atoms with Crippen LogP contribution in [0.1, 0.15) is 13.3 Å². The molecular formula is C11H18N2O3S. The Morgan fingerprint density at radius 1 is 1.35 bits per heavy atom. The van der Waals surface area contributed by atoms with Gasteiger partial charge in [-0.15, -0.1) is 0 Å². The van der Waals surface area contributed by atoms with E-state index in [9.17, 15) is 8.42 Å². The van der Waals surface area contributed by atoms with E-state index in [1.54, 1.807) is 24.3 Å². The molecule has 0 bridgehead atoms. The fraction of sp³-hybridized carbons (Fsp3) is 0.455. The maximum absolute atomic E-state index is 11.6. The SMILES string of the molecule is CCCS(=O)(=O)Nc1ccccc1OCCN. The Bertz CT molecular complexity index is 446. The molecule has 5 nitrogen and oxygen atoms in total. The number of para-hydroxylation sites is 2. The molecule has 17 heavy (non-hydrogen) atoms. The summed E-state index contributed by atoms with van der Waals surface area (Å²) >= 11 is 0. The molecule has 1 aromatic rings. The lowest BCUT2D eigenvalue weighted by molar-refractivity contribution is 0.330. The third kappa shape index (κ3) is 4.62. The molecule has 6 heteroatoms. The Labute approximate surface area is 102 Å². The lowest BCUT2D eigenvalue weighted by atomic mass is 10.3. The number of hydrogen-bond donors (Lipinski definition) is 2. The Kier molecular flexibility index (Phi) is 5.24. The molecule has 0 radical (unpaired) electrons. The highest BCUT2D eigenvalue weighted by Crippen LogP contribution is 2.24. The van der Waals surface area contributed by atoms with E-state index in [0.717, 1.165) is 0 Å². The summed E-state index contributed by atoms with van der Waals surface area (Å²) in [6.07, 6.45) is 0.571. The topological polar surface area (TPSA) is 81.4 Å². The summed E-state index contributed by atoms with van der Waals surface area (Å²) in [5.41, 5.74) is 5.79. The second-order valence-corrected chi connectivity index (χ2v) is 5.40. The predicted molar refractivity (Wildman–Crippen MR) is 68.7 cm³/mol. The molecule has 0 unspecified atom stereocenters. The van der Waals surface area contributed by atoms with Gasteiger partial charge in [-0.1, -0.05) is 19.1 Å². The zero-order valence-corrected chi connectivity index (χ0v) is 10.7. The molecule has 3 N–H and O–H groups in total. The highest BCUT2D eigenvalue weighted by atomic mass is 32.2. The van der Waals surface area contributed by atoms with Crippen molar-refractivity contribution < 1.29 is 13.2 Å². The first-order valence-corrected chi connectivity index (χ1v) is 7.16. The summed E-state index contributed by atoms with van der Waals surface area (Å²) in [5.74, 6) is 0.593. The number of benzene rings is 1. The number of hydrogen-bond acceptors (Lipinski definition) is 4. The molecule has 0 saturated carbocycles. The standard InChI is InChI=1S/C11H18N2O3S/c1-2-9-17(14,15)13-10-5-3-4-6-11(10)16-8-7-12/h3-6,13H,2,7-9,12H2,1H3. The van der Waals surface area contributed by atoms with Gasteiger partial charge in [0.1, 0.15) is 12.4 Å². The fourth-order valence-corrected chi connectivity index (χ4v) is 2.48. The lowest BCUT2D eigenvalue weighted by Gasteiger charge is -2.12. The van der Waals surface area contributed by atoms with Crippen molar-refractivity contribution in [3.8, 4) is 5.75 Å². The zero-order valence-electron chi connectivity index (χ0n) is 9.85. The molecule has 96 valence electrons. The normalized spacial score (nSPS) is 11.2. The number of anilines is 1. The first-order valence-electron chi connectivity index (χ1n) is 5.51. The van der Waals surface area contributed by atoms with Gasteiger partial charge in [-0.05, 0) is 18.6 Å². The molecule has 0 heterocycles. The molecule has 1 rings (SSSR count). The highest BCUT2D eigenvalue weighted by Gasteiger charge is 2.11. The van der Waals surface area contributed by atoms with E-state index in [1.807, 2.05) is 6.92 Å². The van der Waals surface area contributed by atoms with Crippen molar-refractivity contribution in [2.75, 3.05) is 23.6 Å². The van der Waals surface area contributed by atoms with Gasteiger partial charge >= 0.3 is 0 Å². The van der Waals surface area contributed by atoms with E-state index in [2.05, 4.69) is 4.72 Å². The highest BCUT2D eigenvalue weighted by molar-refractivity contribution is 7.92. The van der Waals surface area contributed by atoms with Crippen molar-refractivity contribution in [1.82, 2.24) is 0 Å². The molecule has 0 aliphatic carbocycles. The van der Waals surface area contributed by atoms with Crippen LogP contribution in [-0.4, -0.2) is 27.3 Å². The van der Waals surface area contributed by atoms with Crippen LogP contribution >= 0.6 is 0 Å². The molecule has 0 aromatic heterocycles. The molecule has 1 aromatic carbocycles. The van der Waals surface area contributed by atoms with Gasteiger partial charge in [0.25, 0.3) is 0 Å². The summed E-state index contributed by atoms with van der Waals surface area (Å²) in [4.78, 5) is 0. The summed E-state index contributed by atoms with van der Waals surface area (Å²) in [7, 11) is -3.29. The van der Waals surface area contributed by atoms with E-state index in [-0.39, 0.29) is 5.75 Å². The fourth-order valence-electron chi connectivity index (χ4n) is 1.33. The Morgan fingerprint density at radius 3 is 2.71 bits per heavy atom. The quantitative estimate of drug-likeness (QED) is 0.769. The summed E-state index contributed by atoms with van der Waals surface area (Å²) in [5, 5.41) is 0. The van der Waals surface area contributed by atoms with Crippen molar-refractivity contribution >= 4 is 15.7 Å². The summed E-state index contributed by atoms with van der Waals surface area (Å²) < 4.78 is 31.1. The Balaban J connectivity index is 2.83. The van der Waals surface area contributed by atoms with Crippen LogP contribution < -0.4 is 15.2 Å². The monoisotopic (exact) mass is 258 g/mol. The molecule has 0 spiro atoms. The first kappa shape index (κ1) is 13.8. The van der Waals surface area contributed by atoms with Crippen molar-refractivity contribution in [3.63, 3.8) is 0 Å². The van der Waals surface area contributed by atoms with Crippen LogP contribution in [-0.2, 0) is 10.0 Å². The lowest BCUT2D eigenvalue weighted by Crippen LogP contribution is -2.17. The summed E-state index contributed by atoms with van der Waals surface area (Å²) in [6, 6.07) is 6.90. The molecule has 0 aliphatic heterocycles. The van der Waals surface area contributed by atoms with E-state index >= 15 is 0 Å². The van der Waals surface area contributed by atoms with Crippen LogP contribution in [0.2, 0.25) is 0 Å². The van der Waals surface area contributed by atoms with Gasteiger partial charge in [0, 0.05) is 6.54 Å². The third-order valence-electron chi connectivity index (χ3n) is 2.00. The van der Waals surface area contributed by atoms with Crippen LogP contribution in [0.5, 0.6) is 5.75 Å². The summed E-state index contributed by atoms with van der Waals surface area (Å²) in [6.45, 7) is 2.55. The number of nitrogens with one attached hydrogen (secondary N) is 1. The van der Waals surface area contributed by atoms with Gasteiger partial charge in [0.2, 0.25) is 10.0 Å². The molecule has 0 atom stereocenters. The molecule has 0 saturated heterocycles. The Morgan fingerprint density at radius 2 is 2.06 bits per heavy atom. The van der Waals surface area contributed by atoms with E-state index in [0.29, 0.717) is 31.0 Å². The average Bonchev–Trinajstić information content (AvgIpc) is 2.27. The minimum Gasteiger partial charge on any atom is -0.490 e. The smallest absolute Gasteiger partial charge is 0.232 e. The van der Waals surface area contributed by atoms with Gasteiger partial charge in [0.15, 0.2) is 0 Å². The van der Waals surface area contributed by atoms with Gasteiger partial charge in [-0.2, -0.15) is 0 Å². The minimum absolute atomic E-state index is 0.0955. The van der Waals surface area contributed by atoms with E-state index < -0.39 is 10.0 Å². The van der Waals surface area contributed by atoms with E-state index in [4.69, 9.17) is 10.5 Å². The largest absolute Gasteiger partial charge is 0.490 e. The first-order chi connectivity index (χ1) is 8.09. The third-order valence-corrected chi connectivity index (χ3v) is 3.48. The maximum atomic E-state index is 11.6. The van der Waals surface area contributed by atoms with Crippen molar-refractivity contribution in [3.05, 3.63) is 24.3 Å². The van der Waals surface area contributed by atoms with Crippen molar-refractivity contribution in [1.29, 1.82) is 0 Å². The Hall–Kier alpha value is -1.27. The van der Waals surface area contributed by atoms with Crippen molar-refractivity contribution in [2.24, 2.45) is 5.73 Å². The van der Waals surface area contributed by atoms with Crippen LogP contribution in [0, 0.1) is 0 Å². The molecule has 0 amide bonds. The van der Waals surface area contributed by atoms with Crippen LogP contribution in [0.4, 0.5) is 5.69 Å². The van der Waals surface area contributed by atoms with Crippen molar-refractivity contribution in [2.45, 2.75) is 13.3 Å². The minimum atomic E-state index is -3.29. The van der Waals surface area contributed by atoms with E-state index in [1.165, 1.54) is 0 Å². The number of ether oxygens (including phenoxy) is 1. The second kappa shape index (κ2) is 6.46. The van der Waals surface area contributed by atoms with Gasteiger partial charge in [-0.3, -0.25) is 4.72 Å². The predicted octanol–water partition coefficient (Wildman–Crippen LogP) is 1.18. The second-order valence-electron chi connectivity index (χ2n) is 3.55. The van der Waals surface area contributed by atoms with Gasteiger partial charge in [0.05, 0.1) is 11.4 Å². The number of sulfonamides is 1. The van der Waals surface area contributed by atoms with Gasteiger partial charge < -0.3 is 10.5 Å². The molecule has 0 fully saturated rings.